The minimum Gasteiger partial charge on any atom is -0.305 e. The van der Waals surface area contributed by atoms with Crippen LogP contribution in [0.5, 0.6) is 0 Å². The minimum atomic E-state index is -0.235. The number of nitrogens with one attached hydrogen (secondary N) is 2. The van der Waals surface area contributed by atoms with Crippen molar-refractivity contribution in [1.82, 2.24) is 15.2 Å². The van der Waals surface area contributed by atoms with E-state index >= 15 is 0 Å². The smallest absolute Gasteiger partial charge is 0.276 e. The zero-order valence-electron chi connectivity index (χ0n) is 10.4. The van der Waals surface area contributed by atoms with Crippen molar-refractivity contribution >= 4 is 27.7 Å². The Bertz CT molecular complexity index is 633. The van der Waals surface area contributed by atoms with Crippen LogP contribution in [0.4, 0.5) is 5.82 Å². The number of carbonyl (C=O) groups excluding carboxylic acids is 1. The van der Waals surface area contributed by atoms with Gasteiger partial charge in [0.25, 0.3) is 5.91 Å². The van der Waals surface area contributed by atoms with E-state index in [1.807, 2.05) is 19.1 Å². The number of rotatable bonds is 3. The highest BCUT2D eigenvalue weighted by Gasteiger charge is 2.28. The van der Waals surface area contributed by atoms with Crippen LogP contribution < -0.4 is 5.32 Å². The van der Waals surface area contributed by atoms with Gasteiger partial charge in [-0.25, -0.2) is 4.98 Å². The van der Waals surface area contributed by atoms with Gasteiger partial charge in [0.1, 0.15) is 11.5 Å². The van der Waals surface area contributed by atoms with E-state index in [-0.39, 0.29) is 5.91 Å². The Morgan fingerprint density at radius 1 is 1.47 bits per heavy atom. The van der Waals surface area contributed by atoms with Gasteiger partial charge in [0.2, 0.25) is 0 Å². The summed E-state index contributed by atoms with van der Waals surface area (Å²) in [4.78, 5) is 16.5. The summed E-state index contributed by atoms with van der Waals surface area (Å²) in [5.74, 6) is 0.979. The lowest BCUT2D eigenvalue weighted by molar-refractivity contribution is 0.102. The molecule has 2 heterocycles. The van der Waals surface area contributed by atoms with Gasteiger partial charge in [-0.1, -0.05) is 0 Å². The molecule has 0 saturated heterocycles. The Kier molecular flexibility index (Phi) is 3.10. The zero-order chi connectivity index (χ0) is 13.4. The molecule has 0 aliphatic heterocycles. The minimum absolute atomic E-state index is 0.235. The first-order chi connectivity index (χ1) is 9.15. The van der Waals surface area contributed by atoms with E-state index in [9.17, 15) is 4.79 Å². The molecule has 0 aromatic carbocycles. The number of amides is 1. The van der Waals surface area contributed by atoms with Crippen molar-refractivity contribution in [3.63, 3.8) is 0 Å². The van der Waals surface area contributed by atoms with Crippen LogP contribution >= 0.6 is 15.9 Å². The highest BCUT2D eigenvalue weighted by molar-refractivity contribution is 9.10. The van der Waals surface area contributed by atoms with Crippen molar-refractivity contribution in [3.8, 4) is 0 Å². The van der Waals surface area contributed by atoms with Gasteiger partial charge >= 0.3 is 0 Å². The summed E-state index contributed by atoms with van der Waals surface area (Å²) >= 11 is 3.35. The highest BCUT2D eigenvalue weighted by atomic mass is 79.9. The first-order valence-electron chi connectivity index (χ1n) is 6.13. The third kappa shape index (κ3) is 2.53. The van der Waals surface area contributed by atoms with E-state index in [2.05, 4.69) is 36.4 Å². The molecule has 0 bridgehead atoms. The number of anilines is 1. The number of nitrogens with zero attached hydrogens (tertiary/aromatic N) is 2. The summed E-state index contributed by atoms with van der Waals surface area (Å²) < 4.78 is 0.683. The number of carbonyl (C=O) groups is 1. The Hall–Kier alpha value is -1.69. The lowest BCUT2D eigenvalue weighted by atomic mass is 10.2. The van der Waals surface area contributed by atoms with Crippen LogP contribution in [0.2, 0.25) is 0 Å². The number of halogens is 1. The Balaban J connectivity index is 1.84. The van der Waals surface area contributed by atoms with Gasteiger partial charge in [-0.3, -0.25) is 9.89 Å². The van der Waals surface area contributed by atoms with Crippen molar-refractivity contribution in [2.45, 2.75) is 25.7 Å². The van der Waals surface area contributed by atoms with E-state index in [4.69, 9.17) is 0 Å². The number of pyridine rings is 1. The van der Waals surface area contributed by atoms with E-state index in [1.165, 1.54) is 0 Å². The highest BCUT2D eigenvalue weighted by Crippen LogP contribution is 2.42. The molecule has 1 amide bonds. The normalized spacial score (nSPS) is 14.4. The molecule has 3 rings (SSSR count). The largest absolute Gasteiger partial charge is 0.305 e. The van der Waals surface area contributed by atoms with E-state index < -0.39 is 0 Å². The summed E-state index contributed by atoms with van der Waals surface area (Å²) in [7, 11) is 0. The van der Waals surface area contributed by atoms with Crippen molar-refractivity contribution in [2.75, 3.05) is 5.32 Å². The van der Waals surface area contributed by atoms with Crippen molar-refractivity contribution in [2.24, 2.45) is 0 Å². The quantitative estimate of drug-likeness (QED) is 0.913. The molecular weight excluding hydrogens is 308 g/mol. The standard InChI is InChI=1S/C13H13BrN4O/c1-7-2-5-10(14)11(16-7)13(19)17-12-9(6-15-18-12)8-3-4-8/h2,5-6,8H,3-4H2,1H3,(H2,15,17,18,19). The molecule has 2 aromatic heterocycles. The molecule has 0 spiro atoms. The number of aromatic nitrogens is 3. The first-order valence-corrected chi connectivity index (χ1v) is 6.92. The van der Waals surface area contributed by atoms with Crippen LogP contribution in [-0.4, -0.2) is 21.1 Å². The maximum Gasteiger partial charge on any atom is 0.276 e. The second kappa shape index (κ2) is 4.77. The Morgan fingerprint density at radius 3 is 3.00 bits per heavy atom. The van der Waals surface area contributed by atoms with E-state index in [0.29, 0.717) is 21.9 Å². The second-order valence-electron chi connectivity index (χ2n) is 4.71. The van der Waals surface area contributed by atoms with Gasteiger partial charge in [0.05, 0.1) is 6.20 Å². The number of H-pyrrole nitrogens is 1. The number of aryl methyl sites for hydroxylation is 1. The predicted molar refractivity (Wildman–Crippen MR) is 75.2 cm³/mol. The van der Waals surface area contributed by atoms with Gasteiger partial charge in [-0.15, -0.1) is 0 Å². The predicted octanol–water partition coefficient (Wildman–Crippen LogP) is 3.01. The Morgan fingerprint density at radius 2 is 2.26 bits per heavy atom. The molecule has 6 heteroatoms. The number of hydrogen-bond acceptors (Lipinski definition) is 3. The first kappa shape index (κ1) is 12.3. The molecule has 0 atom stereocenters. The molecular formula is C13H13BrN4O. The average molecular weight is 321 g/mol. The number of hydrogen-bond donors (Lipinski definition) is 2. The van der Waals surface area contributed by atoms with Crippen LogP contribution in [0, 0.1) is 6.92 Å². The lowest BCUT2D eigenvalue weighted by Gasteiger charge is -2.06. The molecule has 5 nitrogen and oxygen atoms in total. The fourth-order valence-corrected chi connectivity index (χ4v) is 2.37. The molecule has 0 radical (unpaired) electrons. The Labute approximate surface area is 119 Å². The van der Waals surface area contributed by atoms with Crippen molar-refractivity contribution in [3.05, 3.63) is 39.8 Å². The molecule has 2 N–H and O–H groups in total. The molecule has 0 unspecified atom stereocenters. The fraction of sp³-hybridized carbons (Fsp3) is 0.308. The van der Waals surface area contributed by atoms with Crippen LogP contribution in [0.1, 0.15) is 40.5 Å². The monoisotopic (exact) mass is 320 g/mol. The van der Waals surface area contributed by atoms with Gasteiger partial charge in [0, 0.05) is 15.7 Å². The topological polar surface area (TPSA) is 70.7 Å². The summed E-state index contributed by atoms with van der Waals surface area (Å²) in [5, 5.41) is 9.68. The van der Waals surface area contributed by atoms with E-state index in [0.717, 1.165) is 24.1 Å². The summed E-state index contributed by atoms with van der Waals surface area (Å²) in [6.07, 6.45) is 4.11. The maximum atomic E-state index is 12.2. The van der Waals surface area contributed by atoms with Gasteiger partial charge < -0.3 is 5.32 Å². The molecule has 19 heavy (non-hydrogen) atoms. The third-order valence-electron chi connectivity index (χ3n) is 3.12. The number of aromatic amines is 1. The van der Waals surface area contributed by atoms with Crippen LogP contribution in [0.25, 0.3) is 0 Å². The molecule has 1 aliphatic rings. The van der Waals surface area contributed by atoms with Crippen LogP contribution in [0.15, 0.2) is 22.8 Å². The van der Waals surface area contributed by atoms with Gasteiger partial charge in [0.15, 0.2) is 0 Å². The zero-order valence-corrected chi connectivity index (χ0v) is 12.0. The molecule has 2 aromatic rings. The average Bonchev–Trinajstić information content (AvgIpc) is 3.13. The summed E-state index contributed by atoms with van der Waals surface area (Å²) in [6, 6.07) is 3.68. The molecule has 1 aliphatic carbocycles. The van der Waals surface area contributed by atoms with Crippen molar-refractivity contribution in [1.29, 1.82) is 0 Å². The molecule has 98 valence electrons. The SMILES string of the molecule is Cc1ccc(Br)c(C(=O)Nc2[nH]ncc2C2CC2)n1. The van der Waals surface area contributed by atoms with Crippen molar-refractivity contribution < 1.29 is 4.79 Å². The van der Waals surface area contributed by atoms with E-state index in [1.54, 1.807) is 6.20 Å². The third-order valence-corrected chi connectivity index (χ3v) is 3.76. The lowest BCUT2D eigenvalue weighted by Crippen LogP contribution is -2.16. The second-order valence-corrected chi connectivity index (χ2v) is 5.57. The molecule has 1 fully saturated rings. The summed E-state index contributed by atoms with van der Waals surface area (Å²) in [5.41, 5.74) is 2.27. The van der Waals surface area contributed by atoms with Crippen LogP contribution in [-0.2, 0) is 0 Å². The fourth-order valence-electron chi connectivity index (χ4n) is 1.97. The van der Waals surface area contributed by atoms with Gasteiger partial charge in [-0.05, 0) is 53.7 Å². The van der Waals surface area contributed by atoms with Crippen LogP contribution in [0.3, 0.4) is 0 Å². The van der Waals surface area contributed by atoms with Gasteiger partial charge in [-0.2, -0.15) is 5.10 Å². The maximum absolute atomic E-state index is 12.2. The molecule has 1 saturated carbocycles. The summed E-state index contributed by atoms with van der Waals surface area (Å²) in [6.45, 7) is 1.86.